The third-order valence-corrected chi connectivity index (χ3v) is 8.56. The number of sulfonamides is 1. The minimum absolute atomic E-state index is 0.100. The number of benzene rings is 2. The highest BCUT2D eigenvalue weighted by Crippen LogP contribution is 2.23. The maximum atomic E-state index is 13.6. The maximum absolute atomic E-state index is 13.6. The Hall–Kier alpha value is -2.78. The van der Waals surface area contributed by atoms with Crippen molar-refractivity contribution in [2.45, 2.75) is 76.9 Å². The normalized spacial score (nSPS) is 14.9. The fourth-order valence-corrected chi connectivity index (χ4v) is 6.09. The first-order valence-corrected chi connectivity index (χ1v) is 15.8. The van der Waals surface area contributed by atoms with E-state index in [2.05, 4.69) is 5.32 Å². The van der Waals surface area contributed by atoms with Gasteiger partial charge < -0.3 is 15.0 Å². The molecule has 2 amide bonds. The predicted octanol–water partition coefficient (Wildman–Crippen LogP) is 5.15. The molecule has 1 aliphatic rings. The average molecular weight is 578 g/mol. The van der Waals surface area contributed by atoms with Crippen LogP contribution in [0.15, 0.2) is 48.5 Å². The molecule has 1 aliphatic carbocycles. The quantitative estimate of drug-likeness (QED) is 0.355. The molecule has 0 saturated heterocycles. The molecule has 0 aromatic heterocycles. The summed E-state index contributed by atoms with van der Waals surface area (Å²) in [6.45, 7) is 2.31. The minimum Gasteiger partial charge on any atom is -0.497 e. The number of nitrogens with zero attached hydrogens (tertiary/aromatic N) is 2. The Bertz CT molecular complexity index is 1180. The first kappa shape index (κ1) is 30.8. The first-order valence-electron chi connectivity index (χ1n) is 13.6. The molecular weight excluding hydrogens is 538 g/mol. The van der Waals surface area contributed by atoms with Gasteiger partial charge in [0.2, 0.25) is 21.8 Å². The van der Waals surface area contributed by atoms with Gasteiger partial charge in [-0.15, -0.1) is 0 Å². The van der Waals surface area contributed by atoms with Gasteiger partial charge in [-0.2, -0.15) is 0 Å². The van der Waals surface area contributed by atoms with Gasteiger partial charge >= 0.3 is 0 Å². The van der Waals surface area contributed by atoms with Crippen LogP contribution in [0.4, 0.5) is 5.69 Å². The standard InChI is InChI=1S/C29H40ClN3O5S/c1-4-27(29(35)31-24-9-6-5-7-10-24)32(21-22-12-14-23(30)15-13-22)28(34)11-8-20-33(39(3,36)37)25-16-18-26(38-2)19-17-25/h12-19,24,27H,4-11,20-21H2,1-3H3,(H,31,35). The highest BCUT2D eigenvalue weighted by molar-refractivity contribution is 7.92. The van der Waals surface area contributed by atoms with Crippen molar-refractivity contribution in [3.8, 4) is 5.75 Å². The van der Waals surface area contributed by atoms with Gasteiger partial charge in [-0.1, -0.05) is 49.9 Å². The zero-order chi connectivity index (χ0) is 28.4. The molecule has 10 heteroatoms. The fraction of sp³-hybridized carbons (Fsp3) is 0.517. The molecule has 3 rings (SSSR count). The molecule has 39 heavy (non-hydrogen) atoms. The monoisotopic (exact) mass is 577 g/mol. The molecule has 0 spiro atoms. The second-order valence-corrected chi connectivity index (χ2v) is 12.4. The highest BCUT2D eigenvalue weighted by atomic mass is 35.5. The third kappa shape index (κ3) is 9.14. The molecule has 2 aromatic rings. The molecule has 1 atom stereocenters. The largest absolute Gasteiger partial charge is 0.497 e. The summed E-state index contributed by atoms with van der Waals surface area (Å²) in [5, 5.41) is 3.77. The maximum Gasteiger partial charge on any atom is 0.243 e. The lowest BCUT2D eigenvalue weighted by Gasteiger charge is -2.33. The van der Waals surface area contributed by atoms with Crippen molar-refractivity contribution in [2.75, 3.05) is 24.2 Å². The van der Waals surface area contributed by atoms with Crippen LogP contribution in [-0.4, -0.2) is 57.1 Å². The van der Waals surface area contributed by atoms with Crippen molar-refractivity contribution in [3.05, 3.63) is 59.1 Å². The Morgan fingerprint density at radius 1 is 1.05 bits per heavy atom. The van der Waals surface area contributed by atoms with E-state index in [1.54, 1.807) is 48.4 Å². The molecule has 214 valence electrons. The Kier molecular flexibility index (Phi) is 11.5. The van der Waals surface area contributed by atoms with Crippen molar-refractivity contribution < 1.29 is 22.7 Å². The average Bonchev–Trinajstić information content (AvgIpc) is 2.92. The van der Waals surface area contributed by atoms with Gasteiger partial charge in [-0.05, 0) is 67.6 Å². The van der Waals surface area contributed by atoms with Gasteiger partial charge in [-0.3, -0.25) is 13.9 Å². The van der Waals surface area contributed by atoms with Crippen LogP contribution in [0.5, 0.6) is 5.75 Å². The Balaban J connectivity index is 1.74. The van der Waals surface area contributed by atoms with Crippen LogP contribution < -0.4 is 14.4 Å². The number of rotatable bonds is 13. The summed E-state index contributed by atoms with van der Waals surface area (Å²) in [4.78, 5) is 28.6. The molecule has 1 N–H and O–H groups in total. The van der Waals surface area contributed by atoms with Gasteiger partial charge in [-0.25, -0.2) is 8.42 Å². The number of hydrogen-bond acceptors (Lipinski definition) is 5. The summed E-state index contributed by atoms with van der Waals surface area (Å²) in [6.07, 6.45) is 7.32. The van der Waals surface area contributed by atoms with Crippen LogP contribution in [-0.2, 0) is 26.2 Å². The van der Waals surface area contributed by atoms with E-state index in [0.717, 1.165) is 37.5 Å². The number of halogens is 1. The first-order chi connectivity index (χ1) is 18.6. The second-order valence-electron chi connectivity index (χ2n) is 10.1. The minimum atomic E-state index is -3.57. The van der Waals surface area contributed by atoms with Gasteiger partial charge in [0.1, 0.15) is 11.8 Å². The molecule has 2 aromatic carbocycles. The van der Waals surface area contributed by atoms with Crippen LogP contribution in [0.3, 0.4) is 0 Å². The number of hydrogen-bond donors (Lipinski definition) is 1. The summed E-state index contributed by atoms with van der Waals surface area (Å²) in [5.41, 5.74) is 1.37. The summed E-state index contributed by atoms with van der Waals surface area (Å²) in [6, 6.07) is 13.5. The fourth-order valence-electron chi connectivity index (χ4n) is 5.00. The summed E-state index contributed by atoms with van der Waals surface area (Å²) in [7, 11) is -2.02. The topological polar surface area (TPSA) is 96.0 Å². The number of anilines is 1. The molecule has 0 bridgehead atoms. The number of methoxy groups -OCH3 is 1. The van der Waals surface area contributed by atoms with Crippen LogP contribution in [0.2, 0.25) is 5.02 Å². The van der Waals surface area contributed by atoms with Gasteiger partial charge in [0.15, 0.2) is 0 Å². The van der Waals surface area contributed by atoms with Crippen molar-refractivity contribution in [2.24, 2.45) is 0 Å². The van der Waals surface area contributed by atoms with E-state index in [1.165, 1.54) is 10.7 Å². The van der Waals surface area contributed by atoms with Crippen molar-refractivity contribution >= 4 is 39.1 Å². The zero-order valence-corrected chi connectivity index (χ0v) is 24.6. The zero-order valence-electron chi connectivity index (χ0n) is 23.1. The third-order valence-electron chi connectivity index (χ3n) is 7.12. The van der Waals surface area contributed by atoms with Crippen LogP contribution in [0.25, 0.3) is 0 Å². The van der Waals surface area contributed by atoms with E-state index in [1.807, 2.05) is 19.1 Å². The number of carbonyl (C=O) groups is 2. The Labute approximate surface area is 237 Å². The molecular formula is C29H40ClN3O5S. The lowest BCUT2D eigenvalue weighted by molar-refractivity contribution is -0.141. The highest BCUT2D eigenvalue weighted by Gasteiger charge is 2.30. The SMILES string of the molecule is CCC(C(=O)NC1CCCCC1)N(Cc1ccc(Cl)cc1)C(=O)CCCN(c1ccc(OC)cc1)S(C)(=O)=O. The Morgan fingerprint density at radius 2 is 1.69 bits per heavy atom. The van der Waals surface area contributed by atoms with Crippen molar-refractivity contribution in [1.29, 1.82) is 0 Å². The number of nitrogens with one attached hydrogen (secondary N) is 1. The Morgan fingerprint density at radius 3 is 2.26 bits per heavy atom. The summed E-state index contributed by atoms with van der Waals surface area (Å²) in [5.74, 6) is 0.291. The lowest BCUT2D eigenvalue weighted by Crippen LogP contribution is -2.51. The molecule has 1 saturated carbocycles. The van der Waals surface area contributed by atoms with E-state index < -0.39 is 16.1 Å². The molecule has 1 unspecified atom stereocenters. The number of amides is 2. The molecule has 0 heterocycles. The van der Waals surface area contributed by atoms with E-state index in [-0.39, 0.29) is 37.4 Å². The van der Waals surface area contributed by atoms with Gasteiger partial charge in [0, 0.05) is 30.6 Å². The summed E-state index contributed by atoms with van der Waals surface area (Å²) < 4.78 is 31.5. The summed E-state index contributed by atoms with van der Waals surface area (Å²) >= 11 is 6.06. The lowest BCUT2D eigenvalue weighted by atomic mass is 9.95. The predicted molar refractivity (Wildman–Crippen MR) is 156 cm³/mol. The van der Waals surface area contributed by atoms with Crippen LogP contribution in [0, 0.1) is 0 Å². The molecule has 0 aliphatic heterocycles. The van der Waals surface area contributed by atoms with E-state index in [4.69, 9.17) is 16.3 Å². The van der Waals surface area contributed by atoms with E-state index >= 15 is 0 Å². The molecule has 1 fully saturated rings. The second kappa shape index (κ2) is 14.6. The van der Waals surface area contributed by atoms with Crippen molar-refractivity contribution in [1.82, 2.24) is 10.2 Å². The van der Waals surface area contributed by atoms with E-state index in [0.29, 0.717) is 29.3 Å². The van der Waals surface area contributed by atoms with Crippen molar-refractivity contribution in [3.63, 3.8) is 0 Å². The number of carbonyl (C=O) groups excluding carboxylic acids is 2. The smallest absolute Gasteiger partial charge is 0.243 e. The van der Waals surface area contributed by atoms with Gasteiger partial charge in [0.25, 0.3) is 0 Å². The molecule has 8 nitrogen and oxygen atoms in total. The molecule has 0 radical (unpaired) electrons. The van der Waals surface area contributed by atoms with Crippen LogP contribution in [0.1, 0.15) is 63.9 Å². The number of ether oxygens (including phenoxy) is 1. The van der Waals surface area contributed by atoms with Crippen LogP contribution >= 0.6 is 11.6 Å². The van der Waals surface area contributed by atoms with Gasteiger partial charge in [0.05, 0.1) is 19.1 Å². The van der Waals surface area contributed by atoms with E-state index in [9.17, 15) is 18.0 Å².